The Morgan fingerprint density at radius 2 is 2.20 bits per heavy atom. The highest BCUT2D eigenvalue weighted by atomic mass is 16.5. The molecule has 0 aromatic carbocycles. The molecule has 0 aromatic heterocycles. The average molecular weight is 283 g/mol. The van der Waals surface area contributed by atoms with Crippen molar-refractivity contribution in [3.8, 4) is 0 Å². The number of carbonyl (C=O) groups is 2. The van der Waals surface area contributed by atoms with Crippen LogP contribution < -0.4 is 11.1 Å². The molecule has 1 saturated carbocycles. The van der Waals surface area contributed by atoms with Gasteiger partial charge in [0.1, 0.15) is 0 Å². The van der Waals surface area contributed by atoms with E-state index >= 15 is 0 Å². The van der Waals surface area contributed by atoms with Crippen molar-refractivity contribution in [3.05, 3.63) is 0 Å². The van der Waals surface area contributed by atoms with Gasteiger partial charge in [-0.15, -0.1) is 0 Å². The summed E-state index contributed by atoms with van der Waals surface area (Å²) in [6.07, 6.45) is 4.42. The zero-order chi connectivity index (χ0) is 14.6. The number of amides is 2. The summed E-state index contributed by atoms with van der Waals surface area (Å²) in [4.78, 5) is 25.9. The summed E-state index contributed by atoms with van der Waals surface area (Å²) in [6.45, 7) is 2.04. The average Bonchev–Trinajstić information content (AvgIpc) is 3.04. The maximum Gasteiger partial charge on any atom is 0.225 e. The number of carbonyl (C=O) groups excluding carboxylic acids is 2. The quantitative estimate of drug-likeness (QED) is 0.711. The predicted molar refractivity (Wildman–Crippen MR) is 75.0 cm³/mol. The van der Waals surface area contributed by atoms with Crippen LogP contribution in [0.5, 0.6) is 0 Å². The highest BCUT2D eigenvalue weighted by molar-refractivity contribution is 5.89. The van der Waals surface area contributed by atoms with Gasteiger partial charge in [-0.1, -0.05) is 12.8 Å². The molecule has 20 heavy (non-hydrogen) atoms. The van der Waals surface area contributed by atoms with Gasteiger partial charge in [-0.25, -0.2) is 0 Å². The van der Waals surface area contributed by atoms with Crippen LogP contribution in [0.25, 0.3) is 0 Å². The van der Waals surface area contributed by atoms with Crippen molar-refractivity contribution in [2.75, 3.05) is 33.4 Å². The molecule has 0 spiro atoms. The monoisotopic (exact) mass is 283 g/mol. The molecule has 1 atom stereocenters. The molecule has 0 bridgehead atoms. The van der Waals surface area contributed by atoms with Crippen LogP contribution in [-0.2, 0) is 14.3 Å². The van der Waals surface area contributed by atoms with Gasteiger partial charge in [0.25, 0.3) is 0 Å². The van der Waals surface area contributed by atoms with Gasteiger partial charge in [0.05, 0.1) is 18.1 Å². The molecular formula is C14H25N3O3. The van der Waals surface area contributed by atoms with E-state index < -0.39 is 0 Å². The molecule has 1 heterocycles. The standard InChI is InChI=1S/C14H25N3O3/c1-20-7-6-17-9-11(8-12(17)18)13(19)16-14(10-15)4-2-3-5-14/h11H,2-10,15H2,1H3,(H,16,19). The van der Waals surface area contributed by atoms with Crippen LogP contribution in [0.4, 0.5) is 0 Å². The maximum atomic E-state index is 12.4. The van der Waals surface area contributed by atoms with E-state index in [4.69, 9.17) is 10.5 Å². The van der Waals surface area contributed by atoms with Crippen molar-refractivity contribution in [2.24, 2.45) is 11.7 Å². The molecular weight excluding hydrogens is 258 g/mol. The lowest BCUT2D eigenvalue weighted by molar-refractivity contribution is -0.129. The Labute approximate surface area is 120 Å². The first-order chi connectivity index (χ1) is 9.60. The second-order valence-corrected chi connectivity index (χ2v) is 5.91. The molecule has 0 aromatic rings. The van der Waals surface area contributed by atoms with Gasteiger partial charge in [-0.05, 0) is 12.8 Å². The van der Waals surface area contributed by atoms with Crippen LogP contribution in [0.15, 0.2) is 0 Å². The number of nitrogens with one attached hydrogen (secondary N) is 1. The third kappa shape index (κ3) is 3.30. The Bertz CT molecular complexity index is 367. The van der Waals surface area contributed by atoms with E-state index in [2.05, 4.69) is 5.32 Å². The van der Waals surface area contributed by atoms with E-state index in [-0.39, 0.29) is 23.3 Å². The lowest BCUT2D eigenvalue weighted by Crippen LogP contribution is -2.53. The molecule has 0 radical (unpaired) electrons. The fourth-order valence-corrected chi connectivity index (χ4v) is 3.16. The summed E-state index contributed by atoms with van der Waals surface area (Å²) in [5.41, 5.74) is 5.59. The smallest absolute Gasteiger partial charge is 0.225 e. The molecule has 6 nitrogen and oxygen atoms in total. The molecule has 114 valence electrons. The minimum atomic E-state index is -0.247. The Balaban J connectivity index is 1.88. The van der Waals surface area contributed by atoms with Crippen LogP contribution >= 0.6 is 0 Å². The number of hydrogen-bond acceptors (Lipinski definition) is 4. The minimum absolute atomic E-state index is 0.0226. The molecule has 2 amide bonds. The number of nitrogens with zero attached hydrogens (tertiary/aromatic N) is 1. The highest BCUT2D eigenvalue weighted by Crippen LogP contribution is 2.29. The van der Waals surface area contributed by atoms with Gasteiger partial charge in [-0.2, -0.15) is 0 Å². The van der Waals surface area contributed by atoms with E-state index in [0.717, 1.165) is 25.7 Å². The molecule has 2 rings (SSSR count). The van der Waals surface area contributed by atoms with Crippen LogP contribution in [0.2, 0.25) is 0 Å². The molecule has 3 N–H and O–H groups in total. The number of nitrogens with two attached hydrogens (primary N) is 1. The van der Waals surface area contributed by atoms with Crippen LogP contribution in [0.3, 0.4) is 0 Å². The Morgan fingerprint density at radius 3 is 2.80 bits per heavy atom. The Morgan fingerprint density at radius 1 is 1.50 bits per heavy atom. The fourth-order valence-electron chi connectivity index (χ4n) is 3.16. The predicted octanol–water partition coefficient (Wildman–Crippen LogP) is -0.131. The largest absolute Gasteiger partial charge is 0.383 e. The van der Waals surface area contributed by atoms with Crippen molar-refractivity contribution in [2.45, 2.75) is 37.6 Å². The molecule has 1 aliphatic carbocycles. The first-order valence-electron chi connectivity index (χ1n) is 7.39. The highest BCUT2D eigenvalue weighted by Gasteiger charge is 2.39. The zero-order valence-corrected chi connectivity index (χ0v) is 12.2. The Hall–Kier alpha value is -1.14. The van der Waals surface area contributed by atoms with Gasteiger partial charge in [0, 0.05) is 33.2 Å². The van der Waals surface area contributed by atoms with Crippen molar-refractivity contribution < 1.29 is 14.3 Å². The zero-order valence-electron chi connectivity index (χ0n) is 12.2. The maximum absolute atomic E-state index is 12.4. The van der Waals surface area contributed by atoms with Crippen molar-refractivity contribution >= 4 is 11.8 Å². The first kappa shape index (κ1) is 15.3. The Kier molecular flexibility index (Phi) is 4.99. The van der Waals surface area contributed by atoms with Crippen LogP contribution in [-0.4, -0.2) is 55.6 Å². The van der Waals surface area contributed by atoms with E-state index in [1.807, 2.05) is 0 Å². The van der Waals surface area contributed by atoms with E-state index in [9.17, 15) is 9.59 Å². The van der Waals surface area contributed by atoms with E-state index in [1.54, 1.807) is 12.0 Å². The third-order valence-electron chi connectivity index (χ3n) is 4.49. The number of hydrogen-bond donors (Lipinski definition) is 2. The van der Waals surface area contributed by atoms with E-state index in [1.165, 1.54) is 0 Å². The third-order valence-corrected chi connectivity index (χ3v) is 4.49. The van der Waals surface area contributed by atoms with Gasteiger partial charge < -0.3 is 20.7 Å². The molecule has 2 fully saturated rings. The lowest BCUT2D eigenvalue weighted by atomic mass is 9.96. The fraction of sp³-hybridized carbons (Fsp3) is 0.857. The first-order valence-corrected chi connectivity index (χ1v) is 7.39. The molecule has 1 saturated heterocycles. The SMILES string of the molecule is COCCN1CC(C(=O)NC2(CN)CCCC2)CC1=O. The van der Waals surface area contributed by atoms with Crippen molar-refractivity contribution in [3.63, 3.8) is 0 Å². The van der Waals surface area contributed by atoms with Crippen molar-refractivity contribution in [1.29, 1.82) is 0 Å². The number of ether oxygens (including phenoxy) is 1. The van der Waals surface area contributed by atoms with Gasteiger partial charge in [0.15, 0.2) is 0 Å². The summed E-state index contributed by atoms with van der Waals surface area (Å²) >= 11 is 0. The minimum Gasteiger partial charge on any atom is -0.383 e. The van der Waals surface area contributed by atoms with Gasteiger partial charge >= 0.3 is 0 Å². The normalized spacial score (nSPS) is 25.2. The number of rotatable bonds is 6. The molecule has 6 heteroatoms. The summed E-state index contributed by atoms with van der Waals surface area (Å²) in [6, 6.07) is 0. The van der Waals surface area contributed by atoms with Gasteiger partial charge in [0.2, 0.25) is 11.8 Å². The summed E-state index contributed by atoms with van der Waals surface area (Å²) in [5.74, 6) is -0.232. The van der Waals surface area contributed by atoms with E-state index in [0.29, 0.717) is 32.7 Å². The molecule has 1 unspecified atom stereocenters. The van der Waals surface area contributed by atoms with Crippen LogP contribution in [0.1, 0.15) is 32.1 Å². The second-order valence-electron chi connectivity index (χ2n) is 5.91. The summed E-state index contributed by atoms with van der Waals surface area (Å²) in [5, 5.41) is 3.11. The topological polar surface area (TPSA) is 84.7 Å². The second kappa shape index (κ2) is 6.54. The molecule has 2 aliphatic rings. The molecule has 1 aliphatic heterocycles. The summed E-state index contributed by atoms with van der Waals surface area (Å²) in [7, 11) is 1.61. The number of likely N-dealkylation sites (tertiary alicyclic amines) is 1. The van der Waals surface area contributed by atoms with Crippen LogP contribution in [0, 0.1) is 5.92 Å². The van der Waals surface area contributed by atoms with Crippen molar-refractivity contribution in [1.82, 2.24) is 10.2 Å². The van der Waals surface area contributed by atoms with Gasteiger partial charge in [-0.3, -0.25) is 9.59 Å². The lowest BCUT2D eigenvalue weighted by Gasteiger charge is -2.30. The number of methoxy groups -OCH3 is 1. The summed E-state index contributed by atoms with van der Waals surface area (Å²) < 4.78 is 4.98.